The van der Waals surface area contributed by atoms with Gasteiger partial charge in [-0.1, -0.05) is 0 Å². The zero-order valence-electron chi connectivity index (χ0n) is 9.22. The van der Waals surface area contributed by atoms with E-state index in [1.165, 1.54) is 12.3 Å². The highest BCUT2D eigenvalue weighted by Gasteiger charge is 2.10. The first kappa shape index (κ1) is 13.2. The normalized spacial score (nSPS) is 11.1. The summed E-state index contributed by atoms with van der Waals surface area (Å²) in [4.78, 5) is 0. The molecule has 0 amide bonds. The van der Waals surface area contributed by atoms with Gasteiger partial charge in [0.1, 0.15) is 23.2 Å². The van der Waals surface area contributed by atoms with Crippen molar-refractivity contribution in [3.63, 3.8) is 0 Å². The van der Waals surface area contributed by atoms with Crippen LogP contribution >= 0.6 is 22.6 Å². The molecule has 1 aromatic carbocycles. The number of tetrazole rings is 1. The van der Waals surface area contributed by atoms with E-state index in [0.717, 1.165) is 6.07 Å². The second-order valence-electron chi connectivity index (χ2n) is 3.33. The number of hydrogen-bond acceptors (Lipinski definition) is 6. The predicted molar refractivity (Wildman–Crippen MR) is 72.2 cm³/mol. The summed E-state index contributed by atoms with van der Waals surface area (Å²) >= 11 is 1.86. The summed E-state index contributed by atoms with van der Waals surface area (Å²) in [5.74, 6) is -0.687. The van der Waals surface area contributed by atoms with Crippen LogP contribution in [0.3, 0.4) is 0 Å². The number of phenols is 1. The molecule has 0 atom stereocenters. The van der Waals surface area contributed by atoms with Crippen molar-refractivity contribution in [2.45, 2.75) is 0 Å². The van der Waals surface area contributed by atoms with Gasteiger partial charge in [0.25, 0.3) is 0 Å². The second-order valence-corrected chi connectivity index (χ2v) is 4.49. The lowest BCUT2D eigenvalue weighted by molar-refractivity contribution is 0.471. The minimum Gasteiger partial charge on any atom is -0.506 e. The molecule has 0 radical (unpaired) electrons. The van der Waals surface area contributed by atoms with Crippen molar-refractivity contribution in [2.24, 2.45) is 0 Å². The largest absolute Gasteiger partial charge is 0.506 e. The van der Waals surface area contributed by atoms with Crippen molar-refractivity contribution in [3.05, 3.63) is 33.5 Å². The van der Waals surface area contributed by atoms with Gasteiger partial charge in [-0.3, -0.25) is 0 Å². The predicted octanol–water partition coefficient (Wildman–Crippen LogP) is 1.63. The number of phenolic OH excluding ortho intramolecular Hbond substituents is 1. The molecule has 2 rings (SSSR count). The third-order valence-corrected chi connectivity index (χ3v) is 2.95. The highest BCUT2D eigenvalue weighted by Crippen LogP contribution is 2.30. The van der Waals surface area contributed by atoms with Gasteiger partial charge in [-0.25, -0.2) is 4.39 Å². The van der Waals surface area contributed by atoms with Crippen LogP contribution in [0.2, 0.25) is 0 Å². The molecule has 2 aromatic rings. The van der Waals surface area contributed by atoms with Gasteiger partial charge >= 0.3 is 0 Å². The first-order chi connectivity index (χ1) is 9.11. The van der Waals surface area contributed by atoms with E-state index in [1.54, 1.807) is 0 Å². The number of H-pyrrole nitrogens is 1. The highest BCUT2D eigenvalue weighted by atomic mass is 127. The molecule has 7 nitrogen and oxygen atoms in total. The summed E-state index contributed by atoms with van der Waals surface area (Å²) in [6, 6.07) is 4.10. The third-order valence-electron chi connectivity index (χ3n) is 2.10. The van der Waals surface area contributed by atoms with Gasteiger partial charge in [0.2, 0.25) is 5.82 Å². The van der Waals surface area contributed by atoms with Gasteiger partial charge in [0, 0.05) is 15.8 Å². The van der Waals surface area contributed by atoms with Crippen LogP contribution in [0, 0.1) is 20.7 Å². The van der Waals surface area contributed by atoms with Gasteiger partial charge in [0.15, 0.2) is 0 Å². The standard InChI is InChI=1S/C10H6FIN6O/c11-6-1-7(12)9(8(19)2-6)14-4-5(3-13)10-15-17-18-16-10/h1-2,4,14,19H,(H,15,16,17,18). The van der Waals surface area contributed by atoms with Gasteiger partial charge in [-0.15, -0.1) is 10.2 Å². The SMILES string of the molecule is N#CC(=CNc1c(O)cc(F)cc1I)c1nn[nH]n1. The van der Waals surface area contributed by atoms with E-state index < -0.39 is 5.82 Å². The molecule has 0 saturated heterocycles. The summed E-state index contributed by atoms with van der Waals surface area (Å²) in [5.41, 5.74) is 0.409. The number of aromatic amines is 1. The van der Waals surface area contributed by atoms with Crippen molar-refractivity contribution in [3.8, 4) is 11.8 Å². The van der Waals surface area contributed by atoms with Crippen LogP contribution in [0.1, 0.15) is 5.82 Å². The van der Waals surface area contributed by atoms with Crippen LogP contribution in [0.5, 0.6) is 5.75 Å². The Morgan fingerprint density at radius 2 is 2.37 bits per heavy atom. The highest BCUT2D eigenvalue weighted by molar-refractivity contribution is 14.1. The molecule has 0 saturated carbocycles. The molecule has 3 N–H and O–H groups in total. The monoisotopic (exact) mass is 372 g/mol. The number of rotatable bonds is 3. The minimum atomic E-state index is -0.546. The lowest BCUT2D eigenvalue weighted by Crippen LogP contribution is -1.96. The molecule has 96 valence electrons. The fraction of sp³-hybridized carbons (Fsp3) is 0. The molecule has 0 unspecified atom stereocenters. The number of halogens is 2. The molecule has 0 aliphatic carbocycles. The number of benzene rings is 1. The van der Waals surface area contributed by atoms with Crippen LogP contribution in [-0.2, 0) is 0 Å². The van der Waals surface area contributed by atoms with E-state index in [4.69, 9.17) is 5.26 Å². The van der Waals surface area contributed by atoms with Crippen LogP contribution < -0.4 is 5.32 Å². The molecular formula is C10H6FIN6O. The number of aromatic nitrogens is 4. The minimum absolute atomic E-state index is 0.117. The topological polar surface area (TPSA) is 111 Å². The Kier molecular flexibility index (Phi) is 3.91. The molecule has 0 aliphatic rings. The van der Waals surface area contributed by atoms with Gasteiger partial charge in [-0.2, -0.15) is 10.5 Å². The average Bonchev–Trinajstić information content (AvgIpc) is 2.86. The molecule has 0 spiro atoms. The fourth-order valence-electron chi connectivity index (χ4n) is 1.27. The first-order valence-corrected chi connectivity index (χ1v) is 5.98. The Morgan fingerprint density at radius 1 is 1.58 bits per heavy atom. The van der Waals surface area contributed by atoms with Crippen LogP contribution in [0.15, 0.2) is 18.3 Å². The molecule has 0 fully saturated rings. The molecule has 1 aromatic heterocycles. The quantitative estimate of drug-likeness (QED) is 0.429. The summed E-state index contributed by atoms with van der Waals surface area (Å²) in [6.07, 6.45) is 1.31. The average molecular weight is 372 g/mol. The van der Waals surface area contributed by atoms with Gasteiger partial charge in [0.05, 0.1) is 5.69 Å². The molecule has 0 bridgehead atoms. The number of nitriles is 1. The van der Waals surface area contributed by atoms with E-state index >= 15 is 0 Å². The maximum Gasteiger partial charge on any atom is 0.216 e. The molecule has 0 aliphatic heterocycles. The molecular weight excluding hydrogens is 366 g/mol. The van der Waals surface area contributed by atoms with Crippen LogP contribution in [0.25, 0.3) is 5.57 Å². The summed E-state index contributed by atoms with van der Waals surface area (Å²) in [6.45, 7) is 0. The van der Waals surface area contributed by atoms with E-state index in [2.05, 4.69) is 25.9 Å². The van der Waals surface area contributed by atoms with E-state index in [0.29, 0.717) is 9.26 Å². The zero-order chi connectivity index (χ0) is 13.8. The Labute approximate surface area is 120 Å². The van der Waals surface area contributed by atoms with Gasteiger partial charge in [-0.05, 0) is 33.9 Å². The van der Waals surface area contributed by atoms with Crippen molar-refractivity contribution >= 4 is 33.9 Å². The Hall–Kier alpha value is -2.22. The second kappa shape index (κ2) is 5.61. The summed E-state index contributed by atoms with van der Waals surface area (Å²) in [7, 11) is 0. The van der Waals surface area contributed by atoms with Crippen LogP contribution in [-0.4, -0.2) is 25.7 Å². The number of nitrogens with zero attached hydrogens (tertiary/aromatic N) is 4. The zero-order valence-corrected chi connectivity index (χ0v) is 11.4. The van der Waals surface area contributed by atoms with E-state index in [9.17, 15) is 9.50 Å². The maximum absolute atomic E-state index is 13.0. The number of hydrogen-bond donors (Lipinski definition) is 3. The maximum atomic E-state index is 13.0. The number of aromatic hydroxyl groups is 1. The Balaban J connectivity index is 2.30. The first-order valence-electron chi connectivity index (χ1n) is 4.90. The Bertz CT molecular complexity index is 640. The number of allylic oxidation sites excluding steroid dienone is 1. The van der Waals surface area contributed by atoms with Gasteiger partial charge < -0.3 is 10.4 Å². The summed E-state index contributed by atoms with van der Waals surface area (Å²) in [5, 5.41) is 34.2. The fourth-order valence-corrected chi connectivity index (χ4v) is 2.00. The Morgan fingerprint density at radius 3 is 2.95 bits per heavy atom. The number of nitrogens with one attached hydrogen (secondary N) is 2. The van der Waals surface area contributed by atoms with Crippen molar-refractivity contribution < 1.29 is 9.50 Å². The third kappa shape index (κ3) is 2.97. The summed E-state index contributed by atoms with van der Waals surface area (Å²) < 4.78 is 13.5. The molecule has 19 heavy (non-hydrogen) atoms. The lowest BCUT2D eigenvalue weighted by Gasteiger charge is -2.07. The van der Waals surface area contributed by atoms with Crippen molar-refractivity contribution in [1.29, 1.82) is 5.26 Å². The van der Waals surface area contributed by atoms with E-state index in [-0.39, 0.29) is 17.1 Å². The number of anilines is 1. The lowest BCUT2D eigenvalue weighted by atomic mass is 10.2. The van der Waals surface area contributed by atoms with Crippen molar-refractivity contribution in [1.82, 2.24) is 20.6 Å². The molecule has 9 heteroatoms. The van der Waals surface area contributed by atoms with Crippen LogP contribution in [0.4, 0.5) is 10.1 Å². The molecule has 1 heterocycles. The van der Waals surface area contributed by atoms with E-state index in [1.807, 2.05) is 28.7 Å². The van der Waals surface area contributed by atoms with Crippen molar-refractivity contribution in [2.75, 3.05) is 5.32 Å². The smallest absolute Gasteiger partial charge is 0.216 e.